The van der Waals surface area contributed by atoms with Gasteiger partial charge in [0.05, 0.1) is 17.1 Å². The van der Waals surface area contributed by atoms with Crippen molar-refractivity contribution in [3.8, 4) is 0 Å². The molecule has 0 atom stereocenters. The number of fused-ring (bicyclic) bond motifs is 1. The predicted molar refractivity (Wildman–Crippen MR) is 112 cm³/mol. The molecular formula is C21H19N5O4. The van der Waals surface area contributed by atoms with Crippen LogP contribution in [0.3, 0.4) is 0 Å². The molecule has 0 fully saturated rings. The first-order valence-electron chi connectivity index (χ1n) is 9.47. The standard InChI is InChI=1S/C21H19N5O4/c1-2-30-21(27)15-7-9-16(10-8-15)24-19-18(26(28)29)20(23-13-22-19)25-12-11-14-5-3-4-6-17(14)25/h3-10,13H,2,11-12H2,1H3,(H,22,23,24). The largest absolute Gasteiger partial charge is 0.462 e. The molecule has 0 radical (unpaired) electrons. The van der Waals surface area contributed by atoms with Crippen LogP contribution in [0.1, 0.15) is 22.8 Å². The number of rotatable bonds is 6. The zero-order valence-corrected chi connectivity index (χ0v) is 16.2. The Morgan fingerprint density at radius 1 is 1.20 bits per heavy atom. The normalized spacial score (nSPS) is 12.4. The molecule has 2 heterocycles. The van der Waals surface area contributed by atoms with Gasteiger partial charge in [0.2, 0.25) is 11.6 Å². The van der Waals surface area contributed by atoms with Gasteiger partial charge in [-0.1, -0.05) is 18.2 Å². The molecule has 9 nitrogen and oxygen atoms in total. The average Bonchev–Trinajstić information content (AvgIpc) is 3.18. The lowest BCUT2D eigenvalue weighted by molar-refractivity contribution is -0.383. The molecule has 4 rings (SSSR count). The quantitative estimate of drug-likeness (QED) is 0.372. The number of aromatic nitrogens is 2. The lowest BCUT2D eigenvalue weighted by atomic mass is 10.2. The van der Waals surface area contributed by atoms with Gasteiger partial charge in [0.1, 0.15) is 6.33 Å². The van der Waals surface area contributed by atoms with E-state index < -0.39 is 10.9 Å². The van der Waals surface area contributed by atoms with Crippen LogP contribution in [0, 0.1) is 10.1 Å². The van der Waals surface area contributed by atoms with Gasteiger partial charge in [-0.05, 0) is 49.2 Å². The minimum absolute atomic E-state index is 0.0817. The van der Waals surface area contributed by atoms with Crippen LogP contribution in [0.2, 0.25) is 0 Å². The maximum atomic E-state index is 11.9. The highest BCUT2D eigenvalue weighted by Gasteiger charge is 2.31. The van der Waals surface area contributed by atoms with E-state index in [0.29, 0.717) is 17.8 Å². The van der Waals surface area contributed by atoms with E-state index in [-0.39, 0.29) is 23.9 Å². The van der Waals surface area contributed by atoms with Crippen molar-refractivity contribution in [2.45, 2.75) is 13.3 Å². The summed E-state index contributed by atoms with van der Waals surface area (Å²) in [6.07, 6.45) is 2.09. The molecule has 0 spiro atoms. The first-order valence-corrected chi connectivity index (χ1v) is 9.47. The predicted octanol–water partition coefficient (Wildman–Crippen LogP) is 4.00. The number of nitro groups is 1. The number of benzene rings is 2. The van der Waals surface area contributed by atoms with Gasteiger partial charge in [0.15, 0.2) is 0 Å². The molecular weight excluding hydrogens is 386 g/mol. The van der Waals surface area contributed by atoms with E-state index >= 15 is 0 Å². The number of nitrogens with one attached hydrogen (secondary N) is 1. The molecule has 3 aromatic rings. The van der Waals surface area contributed by atoms with E-state index in [9.17, 15) is 14.9 Å². The van der Waals surface area contributed by atoms with Gasteiger partial charge in [-0.25, -0.2) is 14.8 Å². The molecule has 9 heteroatoms. The highest BCUT2D eigenvalue weighted by molar-refractivity contribution is 5.90. The topological polar surface area (TPSA) is 110 Å². The minimum atomic E-state index is -0.481. The third-order valence-electron chi connectivity index (χ3n) is 4.79. The van der Waals surface area contributed by atoms with Gasteiger partial charge in [-0.2, -0.15) is 0 Å². The summed E-state index contributed by atoms with van der Waals surface area (Å²) < 4.78 is 4.96. The molecule has 152 valence electrons. The van der Waals surface area contributed by atoms with Crippen LogP contribution in [0.5, 0.6) is 0 Å². The number of nitrogens with zero attached hydrogens (tertiary/aromatic N) is 4. The van der Waals surface area contributed by atoms with E-state index in [4.69, 9.17) is 4.74 Å². The molecule has 0 saturated heterocycles. The fraction of sp³-hybridized carbons (Fsp3) is 0.190. The molecule has 1 aromatic heterocycles. The molecule has 0 saturated carbocycles. The Balaban J connectivity index is 1.66. The number of carbonyl (C=O) groups is 1. The Labute approximate surface area is 172 Å². The molecule has 0 unspecified atom stereocenters. The van der Waals surface area contributed by atoms with Crippen molar-refractivity contribution >= 4 is 34.7 Å². The zero-order valence-electron chi connectivity index (χ0n) is 16.2. The second-order valence-corrected chi connectivity index (χ2v) is 6.60. The summed E-state index contributed by atoms with van der Waals surface area (Å²) in [5.41, 5.74) is 2.77. The van der Waals surface area contributed by atoms with E-state index in [1.54, 1.807) is 31.2 Å². The summed E-state index contributed by atoms with van der Waals surface area (Å²) in [7, 11) is 0. The summed E-state index contributed by atoms with van der Waals surface area (Å²) in [6, 6.07) is 14.2. The summed E-state index contributed by atoms with van der Waals surface area (Å²) >= 11 is 0. The Morgan fingerprint density at radius 3 is 2.70 bits per heavy atom. The second kappa shape index (κ2) is 8.16. The molecule has 2 aromatic carbocycles. The number of esters is 1. The Morgan fingerprint density at radius 2 is 1.97 bits per heavy atom. The molecule has 0 amide bonds. The molecule has 0 aliphatic carbocycles. The van der Waals surface area contributed by atoms with Crippen molar-refractivity contribution < 1.29 is 14.5 Å². The van der Waals surface area contributed by atoms with Gasteiger partial charge in [0, 0.05) is 17.9 Å². The van der Waals surface area contributed by atoms with Crippen molar-refractivity contribution in [1.29, 1.82) is 0 Å². The lowest BCUT2D eigenvalue weighted by Crippen LogP contribution is -2.17. The lowest BCUT2D eigenvalue weighted by Gasteiger charge is -2.19. The monoisotopic (exact) mass is 405 g/mol. The molecule has 1 N–H and O–H groups in total. The van der Waals surface area contributed by atoms with Crippen molar-refractivity contribution in [2.75, 3.05) is 23.4 Å². The van der Waals surface area contributed by atoms with E-state index in [0.717, 1.165) is 17.7 Å². The van der Waals surface area contributed by atoms with Crippen molar-refractivity contribution in [2.24, 2.45) is 0 Å². The fourth-order valence-electron chi connectivity index (χ4n) is 3.43. The van der Waals surface area contributed by atoms with Crippen LogP contribution in [-0.2, 0) is 11.2 Å². The van der Waals surface area contributed by atoms with Crippen LogP contribution >= 0.6 is 0 Å². The van der Waals surface area contributed by atoms with Crippen LogP contribution in [0.25, 0.3) is 0 Å². The number of anilines is 4. The van der Waals surface area contributed by atoms with Crippen LogP contribution in [-0.4, -0.2) is 34.0 Å². The van der Waals surface area contributed by atoms with Crippen molar-refractivity contribution in [3.63, 3.8) is 0 Å². The third kappa shape index (κ3) is 3.64. The SMILES string of the molecule is CCOC(=O)c1ccc(Nc2ncnc(N3CCc4ccccc43)c2[N+](=O)[O-])cc1. The molecule has 1 aliphatic heterocycles. The van der Waals surface area contributed by atoms with E-state index in [2.05, 4.69) is 15.3 Å². The maximum absolute atomic E-state index is 11.9. The Bertz CT molecular complexity index is 1100. The highest BCUT2D eigenvalue weighted by Crippen LogP contribution is 2.40. The summed E-state index contributed by atoms with van der Waals surface area (Å²) in [5.74, 6) is -0.101. The zero-order chi connectivity index (χ0) is 21.1. The van der Waals surface area contributed by atoms with E-state index in [1.807, 2.05) is 29.2 Å². The number of carbonyl (C=O) groups excluding carboxylic acids is 1. The van der Waals surface area contributed by atoms with Crippen LogP contribution in [0.4, 0.5) is 28.7 Å². The molecule has 0 bridgehead atoms. The fourth-order valence-corrected chi connectivity index (χ4v) is 3.43. The first-order chi connectivity index (χ1) is 14.6. The minimum Gasteiger partial charge on any atom is -0.462 e. The molecule has 30 heavy (non-hydrogen) atoms. The Kier molecular flexibility index (Phi) is 5.25. The average molecular weight is 405 g/mol. The smallest absolute Gasteiger partial charge is 0.354 e. The number of hydrogen-bond acceptors (Lipinski definition) is 8. The van der Waals surface area contributed by atoms with Crippen molar-refractivity contribution in [3.05, 3.63) is 76.1 Å². The summed E-state index contributed by atoms with van der Waals surface area (Å²) in [4.78, 5) is 33.4. The van der Waals surface area contributed by atoms with Crippen LogP contribution < -0.4 is 10.2 Å². The van der Waals surface area contributed by atoms with Crippen molar-refractivity contribution in [1.82, 2.24) is 9.97 Å². The Hall–Kier alpha value is -4.01. The van der Waals surface area contributed by atoms with E-state index in [1.165, 1.54) is 6.33 Å². The third-order valence-corrected chi connectivity index (χ3v) is 4.79. The number of para-hydroxylation sites is 1. The summed E-state index contributed by atoms with van der Waals surface area (Å²) in [6.45, 7) is 2.62. The summed E-state index contributed by atoms with van der Waals surface area (Å²) in [5, 5.41) is 14.9. The second-order valence-electron chi connectivity index (χ2n) is 6.60. The number of ether oxygens (including phenoxy) is 1. The van der Waals surface area contributed by atoms with Gasteiger partial charge in [-0.15, -0.1) is 0 Å². The highest BCUT2D eigenvalue weighted by atomic mass is 16.6. The first kappa shape index (κ1) is 19.3. The number of hydrogen-bond donors (Lipinski definition) is 1. The van der Waals surface area contributed by atoms with Crippen LogP contribution in [0.15, 0.2) is 54.9 Å². The van der Waals surface area contributed by atoms with Gasteiger partial charge in [-0.3, -0.25) is 10.1 Å². The molecule has 1 aliphatic rings. The maximum Gasteiger partial charge on any atom is 0.354 e. The van der Waals surface area contributed by atoms with Gasteiger partial charge >= 0.3 is 11.7 Å². The van der Waals surface area contributed by atoms with Gasteiger partial charge in [0.25, 0.3) is 0 Å². The van der Waals surface area contributed by atoms with Gasteiger partial charge < -0.3 is 15.0 Å².